The second-order valence-electron chi connectivity index (χ2n) is 6.21. The Hall–Kier alpha value is -2.53. The molecule has 2 rings (SSSR count). The van der Waals surface area contributed by atoms with E-state index in [9.17, 15) is 4.79 Å². The highest BCUT2D eigenvalue weighted by atomic mass is 16.5. The quantitative estimate of drug-likeness (QED) is 0.643. The molecule has 0 saturated carbocycles. The summed E-state index contributed by atoms with van der Waals surface area (Å²) in [7, 11) is 3.26. The zero-order chi connectivity index (χ0) is 18.8. The van der Waals surface area contributed by atoms with E-state index in [-0.39, 0.29) is 5.91 Å². The van der Waals surface area contributed by atoms with Crippen LogP contribution in [-0.4, -0.2) is 33.2 Å². The fraction of sp³-hybridized carbons (Fsp3) is 0.381. The Labute approximate surface area is 155 Å². The van der Waals surface area contributed by atoms with Gasteiger partial charge in [0.25, 0.3) is 0 Å². The van der Waals surface area contributed by atoms with Crippen molar-refractivity contribution in [2.75, 3.05) is 27.3 Å². The lowest BCUT2D eigenvalue weighted by Gasteiger charge is -2.10. The standard InChI is InChI=1S/C21H28N2O3/c1-16-5-4-6-18(13-16)15-23-21(24)10-12-22-11-9-17-7-8-19(25-2)20(14-17)26-3/h4-8,13-14,22H,9-12,15H2,1-3H3,(H,23,24). The predicted molar refractivity (Wildman–Crippen MR) is 104 cm³/mol. The first-order valence-corrected chi connectivity index (χ1v) is 8.86. The van der Waals surface area contributed by atoms with Crippen LogP contribution in [0.4, 0.5) is 0 Å². The average molecular weight is 356 g/mol. The highest BCUT2D eigenvalue weighted by Gasteiger charge is 2.05. The molecular formula is C21H28N2O3. The van der Waals surface area contributed by atoms with E-state index in [2.05, 4.69) is 16.7 Å². The van der Waals surface area contributed by atoms with Crippen LogP contribution in [0.15, 0.2) is 42.5 Å². The molecule has 0 aliphatic carbocycles. The third kappa shape index (κ3) is 6.41. The molecule has 0 unspecified atom stereocenters. The molecule has 5 heteroatoms. The van der Waals surface area contributed by atoms with Crippen molar-refractivity contribution in [3.63, 3.8) is 0 Å². The van der Waals surface area contributed by atoms with Gasteiger partial charge in [-0.1, -0.05) is 35.9 Å². The molecular weight excluding hydrogens is 328 g/mol. The van der Waals surface area contributed by atoms with Crippen molar-refractivity contribution in [1.29, 1.82) is 0 Å². The molecule has 2 aromatic rings. The SMILES string of the molecule is COc1ccc(CCNCCC(=O)NCc2cccc(C)c2)cc1OC. The van der Waals surface area contributed by atoms with E-state index in [4.69, 9.17) is 9.47 Å². The summed E-state index contributed by atoms with van der Waals surface area (Å²) in [5.74, 6) is 1.53. The minimum Gasteiger partial charge on any atom is -0.493 e. The summed E-state index contributed by atoms with van der Waals surface area (Å²) >= 11 is 0. The molecule has 0 bridgehead atoms. The molecule has 0 atom stereocenters. The van der Waals surface area contributed by atoms with Crippen molar-refractivity contribution < 1.29 is 14.3 Å². The Bertz CT molecular complexity index is 716. The Morgan fingerprint density at radius 3 is 2.50 bits per heavy atom. The third-order valence-electron chi connectivity index (χ3n) is 4.14. The van der Waals surface area contributed by atoms with Crippen molar-refractivity contribution in [3.8, 4) is 11.5 Å². The first kappa shape index (κ1) is 19.8. The largest absolute Gasteiger partial charge is 0.493 e. The first-order chi connectivity index (χ1) is 12.6. The van der Waals surface area contributed by atoms with E-state index < -0.39 is 0 Å². The fourth-order valence-corrected chi connectivity index (χ4v) is 2.71. The number of carbonyl (C=O) groups excluding carboxylic acids is 1. The maximum absolute atomic E-state index is 11.9. The van der Waals surface area contributed by atoms with Gasteiger partial charge >= 0.3 is 0 Å². The normalized spacial score (nSPS) is 10.4. The van der Waals surface area contributed by atoms with Gasteiger partial charge in [0.05, 0.1) is 14.2 Å². The lowest BCUT2D eigenvalue weighted by atomic mass is 10.1. The van der Waals surface area contributed by atoms with Gasteiger partial charge in [-0.05, 0) is 43.1 Å². The molecule has 2 aromatic carbocycles. The van der Waals surface area contributed by atoms with Crippen molar-refractivity contribution in [1.82, 2.24) is 10.6 Å². The average Bonchev–Trinajstić information content (AvgIpc) is 2.66. The number of nitrogens with one attached hydrogen (secondary N) is 2. The molecule has 0 aliphatic heterocycles. The van der Waals surface area contributed by atoms with E-state index in [1.54, 1.807) is 14.2 Å². The topological polar surface area (TPSA) is 59.6 Å². The van der Waals surface area contributed by atoms with Crippen LogP contribution in [0.3, 0.4) is 0 Å². The molecule has 26 heavy (non-hydrogen) atoms. The predicted octanol–water partition coefficient (Wildman–Crippen LogP) is 2.85. The van der Waals surface area contributed by atoms with Gasteiger partial charge in [0.15, 0.2) is 11.5 Å². The van der Waals surface area contributed by atoms with Crippen LogP contribution in [0.25, 0.3) is 0 Å². The Balaban J connectivity index is 1.63. The molecule has 2 N–H and O–H groups in total. The number of hydrogen-bond acceptors (Lipinski definition) is 4. The van der Waals surface area contributed by atoms with Crippen molar-refractivity contribution in [3.05, 3.63) is 59.2 Å². The van der Waals surface area contributed by atoms with Crippen molar-refractivity contribution >= 4 is 5.91 Å². The molecule has 1 amide bonds. The van der Waals surface area contributed by atoms with Crippen LogP contribution >= 0.6 is 0 Å². The van der Waals surface area contributed by atoms with Gasteiger partial charge in [-0.2, -0.15) is 0 Å². The molecule has 5 nitrogen and oxygen atoms in total. The smallest absolute Gasteiger partial charge is 0.221 e. The third-order valence-corrected chi connectivity index (χ3v) is 4.14. The zero-order valence-corrected chi connectivity index (χ0v) is 15.8. The number of ether oxygens (including phenoxy) is 2. The van der Waals surface area contributed by atoms with Gasteiger partial charge in [0.2, 0.25) is 5.91 Å². The van der Waals surface area contributed by atoms with E-state index in [0.29, 0.717) is 19.5 Å². The summed E-state index contributed by atoms with van der Waals surface area (Å²) in [5.41, 5.74) is 3.49. The molecule has 0 heterocycles. The molecule has 0 aromatic heterocycles. The Morgan fingerprint density at radius 2 is 1.77 bits per heavy atom. The van der Waals surface area contributed by atoms with Crippen LogP contribution in [0, 0.1) is 6.92 Å². The van der Waals surface area contributed by atoms with Gasteiger partial charge in [-0.25, -0.2) is 0 Å². The molecule has 0 saturated heterocycles. The highest BCUT2D eigenvalue weighted by molar-refractivity contribution is 5.76. The van der Waals surface area contributed by atoms with Gasteiger partial charge in [-0.15, -0.1) is 0 Å². The van der Waals surface area contributed by atoms with Crippen LogP contribution in [0.1, 0.15) is 23.1 Å². The van der Waals surface area contributed by atoms with Gasteiger partial charge < -0.3 is 20.1 Å². The van der Waals surface area contributed by atoms with Crippen LogP contribution in [0.5, 0.6) is 11.5 Å². The van der Waals surface area contributed by atoms with E-state index >= 15 is 0 Å². The minimum absolute atomic E-state index is 0.0603. The van der Waals surface area contributed by atoms with E-state index in [1.807, 2.05) is 43.3 Å². The van der Waals surface area contributed by atoms with Crippen LogP contribution in [0.2, 0.25) is 0 Å². The number of hydrogen-bond donors (Lipinski definition) is 2. The summed E-state index contributed by atoms with van der Waals surface area (Å²) in [5, 5.41) is 6.26. The number of methoxy groups -OCH3 is 2. The molecule has 0 aliphatic rings. The number of amides is 1. The number of rotatable bonds is 10. The zero-order valence-electron chi connectivity index (χ0n) is 15.8. The summed E-state index contributed by atoms with van der Waals surface area (Å²) < 4.78 is 10.5. The van der Waals surface area contributed by atoms with Gasteiger partial charge in [0, 0.05) is 19.5 Å². The lowest BCUT2D eigenvalue weighted by molar-refractivity contribution is -0.121. The van der Waals surface area contributed by atoms with Gasteiger partial charge in [-0.3, -0.25) is 4.79 Å². The van der Waals surface area contributed by atoms with Crippen molar-refractivity contribution in [2.45, 2.75) is 26.3 Å². The van der Waals surface area contributed by atoms with Crippen LogP contribution < -0.4 is 20.1 Å². The van der Waals surface area contributed by atoms with Crippen LogP contribution in [-0.2, 0) is 17.8 Å². The second-order valence-corrected chi connectivity index (χ2v) is 6.21. The highest BCUT2D eigenvalue weighted by Crippen LogP contribution is 2.27. The summed E-state index contributed by atoms with van der Waals surface area (Å²) in [6, 6.07) is 14.1. The monoisotopic (exact) mass is 356 g/mol. The maximum Gasteiger partial charge on any atom is 0.221 e. The molecule has 0 radical (unpaired) electrons. The molecule has 0 spiro atoms. The fourth-order valence-electron chi connectivity index (χ4n) is 2.71. The minimum atomic E-state index is 0.0603. The Kier molecular flexibility index (Phi) is 7.96. The Morgan fingerprint density at radius 1 is 0.962 bits per heavy atom. The van der Waals surface area contributed by atoms with Gasteiger partial charge in [0.1, 0.15) is 0 Å². The van der Waals surface area contributed by atoms with E-state index in [0.717, 1.165) is 30.0 Å². The molecule has 140 valence electrons. The first-order valence-electron chi connectivity index (χ1n) is 8.86. The summed E-state index contributed by atoms with van der Waals surface area (Å²) in [6.45, 7) is 4.09. The number of aryl methyl sites for hydroxylation is 1. The molecule has 0 fully saturated rings. The maximum atomic E-state index is 11.9. The second kappa shape index (κ2) is 10.5. The number of carbonyl (C=O) groups is 1. The summed E-state index contributed by atoms with van der Waals surface area (Å²) in [6.07, 6.45) is 1.34. The van der Waals surface area contributed by atoms with E-state index in [1.165, 1.54) is 11.1 Å². The lowest BCUT2D eigenvalue weighted by Crippen LogP contribution is -2.28. The number of benzene rings is 2. The summed E-state index contributed by atoms with van der Waals surface area (Å²) in [4.78, 5) is 11.9. The van der Waals surface area contributed by atoms with Crippen molar-refractivity contribution in [2.24, 2.45) is 0 Å².